The lowest BCUT2D eigenvalue weighted by Crippen LogP contribution is -2.35. The molecule has 8 heteroatoms. The minimum atomic E-state index is -0.790. The number of ether oxygens (including phenoxy) is 1. The van der Waals surface area contributed by atoms with Crippen LogP contribution < -0.4 is 10.9 Å². The number of carbonyl (C=O) groups is 2. The zero-order chi connectivity index (χ0) is 18.1. The molecule has 0 aliphatic rings. The highest BCUT2D eigenvalue weighted by Crippen LogP contribution is 2.21. The smallest absolute Gasteiger partial charge is 0.343 e. The maximum Gasteiger partial charge on any atom is 0.343 e. The minimum absolute atomic E-state index is 0.00215. The van der Waals surface area contributed by atoms with Crippen LogP contribution in [-0.2, 0) is 16.6 Å². The lowest BCUT2D eigenvalue weighted by molar-refractivity contribution is -0.124. The normalized spacial score (nSPS) is 11.5. The molecule has 0 aromatic carbocycles. The van der Waals surface area contributed by atoms with E-state index in [2.05, 4.69) is 10.3 Å². The summed E-state index contributed by atoms with van der Waals surface area (Å²) in [7, 11) is 1.52. The third-order valence-corrected chi connectivity index (χ3v) is 3.30. The number of rotatable bonds is 4. The molecule has 0 aliphatic heterocycles. The fourth-order valence-electron chi connectivity index (χ4n) is 2.05. The Balaban J connectivity index is 2.15. The van der Waals surface area contributed by atoms with Crippen LogP contribution in [0.2, 0.25) is 0 Å². The summed E-state index contributed by atoms with van der Waals surface area (Å²) in [6.07, 6.45) is 1.31. The summed E-state index contributed by atoms with van der Waals surface area (Å²) in [6, 6.07) is 0. The largest absolute Gasteiger partial charge is 0.452 e. The van der Waals surface area contributed by atoms with Crippen LogP contribution in [0.4, 0.5) is 0 Å². The molecule has 0 unspecified atom stereocenters. The van der Waals surface area contributed by atoms with E-state index in [-0.39, 0.29) is 27.8 Å². The second-order valence-corrected chi connectivity index (χ2v) is 6.79. The van der Waals surface area contributed by atoms with Crippen molar-refractivity contribution >= 4 is 23.0 Å². The number of hydrogen-bond donors (Lipinski definition) is 1. The number of amides is 1. The lowest BCUT2D eigenvalue weighted by atomic mass is 9.97. The van der Waals surface area contributed by atoms with Crippen molar-refractivity contribution in [2.45, 2.75) is 27.7 Å². The topological polar surface area (TPSA) is 103 Å². The monoisotopic (exact) mass is 335 g/mol. The molecule has 0 bridgehead atoms. The summed E-state index contributed by atoms with van der Waals surface area (Å²) in [6.45, 7) is 7.50. The van der Waals surface area contributed by atoms with Gasteiger partial charge in [-0.25, -0.2) is 9.78 Å². The first-order chi connectivity index (χ1) is 11.1. The Morgan fingerprint density at radius 3 is 2.67 bits per heavy atom. The lowest BCUT2D eigenvalue weighted by Gasteiger charge is -2.18. The molecule has 130 valence electrons. The van der Waals surface area contributed by atoms with E-state index in [1.807, 2.05) is 20.8 Å². The van der Waals surface area contributed by atoms with Gasteiger partial charge in [0.15, 0.2) is 6.61 Å². The first-order valence-corrected chi connectivity index (χ1v) is 7.48. The van der Waals surface area contributed by atoms with Gasteiger partial charge in [0.2, 0.25) is 5.71 Å². The fraction of sp³-hybridized carbons (Fsp3) is 0.500. The molecule has 8 nitrogen and oxygen atoms in total. The highest BCUT2D eigenvalue weighted by atomic mass is 16.5. The number of nitrogens with zero attached hydrogens (tertiary/aromatic N) is 2. The van der Waals surface area contributed by atoms with Crippen molar-refractivity contribution in [2.24, 2.45) is 12.5 Å². The van der Waals surface area contributed by atoms with Gasteiger partial charge in [-0.1, -0.05) is 20.8 Å². The van der Waals surface area contributed by atoms with Crippen LogP contribution in [0.15, 0.2) is 15.5 Å². The van der Waals surface area contributed by atoms with Crippen molar-refractivity contribution < 1.29 is 18.7 Å². The van der Waals surface area contributed by atoms with Crippen LogP contribution in [0.25, 0.3) is 11.1 Å². The summed E-state index contributed by atoms with van der Waals surface area (Å²) in [5, 5.41) is 2.73. The molecule has 0 atom stereocenters. The van der Waals surface area contributed by atoms with Gasteiger partial charge in [-0.3, -0.25) is 9.59 Å². The van der Waals surface area contributed by atoms with E-state index in [0.717, 1.165) is 0 Å². The standard InChI is InChI=1S/C16H21N3O5/c1-9-11(12-13(24-9)18-8-19(5)14(12)21)15(22)23-6-10(20)17-7-16(2,3)4/h8H,6-7H2,1-5H3,(H,17,20). The predicted molar refractivity (Wildman–Crippen MR) is 86.7 cm³/mol. The molecule has 0 spiro atoms. The number of carbonyl (C=O) groups excluding carboxylic acids is 2. The molecule has 1 amide bonds. The summed E-state index contributed by atoms with van der Waals surface area (Å²) in [4.78, 5) is 40.2. The molecular formula is C16H21N3O5. The van der Waals surface area contributed by atoms with Gasteiger partial charge in [0, 0.05) is 13.6 Å². The van der Waals surface area contributed by atoms with Crippen molar-refractivity contribution in [1.82, 2.24) is 14.9 Å². The molecule has 2 rings (SSSR count). The van der Waals surface area contributed by atoms with E-state index in [1.54, 1.807) is 0 Å². The van der Waals surface area contributed by atoms with E-state index >= 15 is 0 Å². The first kappa shape index (κ1) is 17.7. The summed E-state index contributed by atoms with van der Waals surface area (Å²) in [5.74, 6) is -0.974. The second-order valence-electron chi connectivity index (χ2n) is 6.79. The molecule has 0 saturated carbocycles. The van der Waals surface area contributed by atoms with Crippen LogP contribution in [0.1, 0.15) is 36.9 Å². The van der Waals surface area contributed by atoms with E-state index in [0.29, 0.717) is 6.54 Å². The molecule has 0 fully saturated rings. The van der Waals surface area contributed by atoms with Gasteiger partial charge in [-0.2, -0.15) is 0 Å². The van der Waals surface area contributed by atoms with Crippen molar-refractivity contribution in [3.63, 3.8) is 0 Å². The maximum atomic E-state index is 12.3. The maximum absolute atomic E-state index is 12.3. The highest BCUT2D eigenvalue weighted by molar-refractivity contribution is 6.03. The second kappa shape index (κ2) is 6.46. The Bertz CT molecular complexity index is 842. The van der Waals surface area contributed by atoms with Gasteiger partial charge >= 0.3 is 5.97 Å². The van der Waals surface area contributed by atoms with Crippen molar-refractivity contribution in [3.8, 4) is 0 Å². The Morgan fingerprint density at radius 2 is 2.04 bits per heavy atom. The number of nitrogens with one attached hydrogen (secondary N) is 1. The highest BCUT2D eigenvalue weighted by Gasteiger charge is 2.24. The Labute approximate surface area is 138 Å². The summed E-state index contributed by atoms with van der Waals surface area (Å²) >= 11 is 0. The molecule has 1 N–H and O–H groups in total. The van der Waals surface area contributed by atoms with Crippen molar-refractivity contribution in [3.05, 3.63) is 28.0 Å². The van der Waals surface area contributed by atoms with Crippen LogP contribution in [0, 0.1) is 12.3 Å². The van der Waals surface area contributed by atoms with E-state index in [1.165, 1.54) is 24.9 Å². The Morgan fingerprint density at radius 1 is 1.38 bits per heavy atom. The van der Waals surface area contributed by atoms with Gasteiger partial charge in [0.05, 0.1) is 0 Å². The number of furan rings is 1. The van der Waals surface area contributed by atoms with E-state index < -0.39 is 24.0 Å². The third kappa shape index (κ3) is 3.81. The van der Waals surface area contributed by atoms with Gasteiger partial charge in [0.25, 0.3) is 11.5 Å². The molecule has 2 heterocycles. The van der Waals surface area contributed by atoms with Gasteiger partial charge < -0.3 is 19.0 Å². The quantitative estimate of drug-likeness (QED) is 0.841. The number of esters is 1. The predicted octanol–water partition coefficient (Wildman–Crippen LogP) is 1.15. The molecule has 2 aromatic heterocycles. The van der Waals surface area contributed by atoms with Crippen LogP contribution >= 0.6 is 0 Å². The van der Waals surface area contributed by atoms with Gasteiger partial charge in [0.1, 0.15) is 23.0 Å². The summed E-state index contributed by atoms with van der Waals surface area (Å²) in [5.41, 5.74) is -0.419. The average Bonchev–Trinajstić information content (AvgIpc) is 2.83. The van der Waals surface area contributed by atoms with Crippen LogP contribution in [0.3, 0.4) is 0 Å². The molecule has 2 aromatic rings. The number of aromatic nitrogens is 2. The zero-order valence-corrected chi connectivity index (χ0v) is 14.4. The van der Waals surface area contributed by atoms with Gasteiger partial charge in [-0.15, -0.1) is 0 Å². The Kier molecular flexibility index (Phi) is 4.77. The zero-order valence-electron chi connectivity index (χ0n) is 14.4. The first-order valence-electron chi connectivity index (χ1n) is 7.48. The van der Waals surface area contributed by atoms with E-state index in [9.17, 15) is 14.4 Å². The van der Waals surface area contributed by atoms with E-state index in [4.69, 9.17) is 9.15 Å². The molecule has 0 radical (unpaired) electrons. The SMILES string of the molecule is Cc1oc2ncn(C)c(=O)c2c1C(=O)OCC(=O)NCC(C)(C)C. The van der Waals surface area contributed by atoms with Crippen LogP contribution in [-0.4, -0.2) is 34.6 Å². The molecule has 0 saturated heterocycles. The minimum Gasteiger partial charge on any atom is -0.452 e. The number of hydrogen-bond acceptors (Lipinski definition) is 6. The third-order valence-electron chi connectivity index (χ3n) is 3.30. The van der Waals surface area contributed by atoms with Crippen LogP contribution in [0.5, 0.6) is 0 Å². The van der Waals surface area contributed by atoms with Crippen molar-refractivity contribution in [1.29, 1.82) is 0 Å². The fourth-order valence-corrected chi connectivity index (χ4v) is 2.05. The molecule has 0 aliphatic carbocycles. The molecular weight excluding hydrogens is 314 g/mol. The van der Waals surface area contributed by atoms with Crippen molar-refractivity contribution in [2.75, 3.05) is 13.2 Å². The number of aryl methyl sites for hydroxylation is 2. The van der Waals surface area contributed by atoms with Gasteiger partial charge in [-0.05, 0) is 12.3 Å². The Hall–Kier alpha value is -2.64. The molecule has 24 heavy (non-hydrogen) atoms. The average molecular weight is 335 g/mol. The summed E-state index contributed by atoms with van der Waals surface area (Å²) < 4.78 is 11.6. The number of fused-ring (bicyclic) bond motifs is 1.